The number of aromatic nitrogens is 2. The summed E-state index contributed by atoms with van der Waals surface area (Å²) in [4.78, 5) is 16.8. The van der Waals surface area contributed by atoms with Gasteiger partial charge in [-0.2, -0.15) is 0 Å². The summed E-state index contributed by atoms with van der Waals surface area (Å²) < 4.78 is 10.5. The van der Waals surface area contributed by atoms with Crippen LogP contribution in [-0.2, 0) is 6.54 Å². The fourth-order valence-electron chi connectivity index (χ4n) is 2.74. The maximum absolute atomic E-state index is 12.4. The standard InChI is InChI=1S/C21H17N3O3/c1-26-17-9-6-15(7-10-17)20-12-16(24-27-20)13-22-21(25)19-11-8-14-4-2-3-5-18(14)23-19/h2-12H,13H2,1H3,(H,22,25). The van der Waals surface area contributed by atoms with Crippen molar-refractivity contribution >= 4 is 16.8 Å². The number of methoxy groups -OCH3 is 1. The summed E-state index contributed by atoms with van der Waals surface area (Å²) in [5.41, 5.74) is 2.67. The highest BCUT2D eigenvalue weighted by molar-refractivity contribution is 5.94. The van der Waals surface area contributed by atoms with E-state index < -0.39 is 0 Å². The molecule has 0 aliphatic carbocycles. The Morgan fingerprint density at radius 1 is 1.07 bits per heavy atom. The average molecular weight is 359 g/mol. The molecule has 1 amide bonds. The first-order chi connectivity index (χ1) is 13.2. The summed E-state index contributed by atoms with van der Waals surface area (Å²) in [6, 6.07) is 20.6. The maximum Gasteiger partial charge on any atom is 0.270 e. The molecular weight excluding hydrogens is 342 g/mol. The van der Waals surface area contributed by atoms with Crippen LogP contribution in [-0.4, -0.2) is 23.2 Å². The van der Waals surface area contributed by atoms with Crippen LogP contribution in [0.1, 0.15) is 16.2 Å². The molecule has 2 aromatic carbocycles. The summed E-state index contributed by atoms with van der Waals surface area (Å²) in [6.45, 7) is 0.257. The van der Waals surface area contributed by atoms with Crippen LogP contribution in [0.3, 0.4) is 0 Å². The zero-order chi connectivity index (χ0) is 18.6. The number of nitrogens with one attached hydrogen (secondary N) is 1. The van der Waals surface area contributed by atoms with Gasteiger partial charge >= 0.3 is 0 Å². The number of para-hydroxylation sites is 1. The fourth-order valence-corrected chi connectivity index (χ4v) is 2.74. The first-order valence-electron chi connectivity index (χ1n) is 8.47. The number of pyridine rings is 1. The highest BCUT2D eigenvalue weighted by Crippen LogP contribution is 2.23. The van der Waals surface area contributed by atoms with Crippen molar-refractivity contribution in [3.05, 3.63) is 78.1 Å². The SMILES string of the molecule is COc1ccc(-c2cc(CNC(=O)c3ccc4ccccc4n3)no2)cc1. The third-order valence-electron chi connectivity index (χ3n) is 4.19. The minimum absolute atomic E-state index is 0.255. The van der Waals surface area contributed by atoms with Crippen LogP contribution in [0.15, 0.2) is 71.3 Å². The highest BCUT2D eigenvalue weighted by Gasteiger charge is 2.11. The second-order valence-electron chi connectivity index (χ2n) is 5.98. The normalized spacial score (nSPS) is 10.7. The van der Waals surface area contributed by atoms with E-state index in [4.69, 9.17) is 9.26 Å². The van der Waals surface area contributed by atoms with Gasteiger partial charge in [-0.05, 0) is 36.4 Å². The van der Waals surface area contributed by atoms with E-state index in [0.717, 1.165) is 22.2 Å². The second kappa shape index (κ2) is 7.29. The van der Waals surface area contributed by atoms with Crippen LogP contribution >= 0.6 is 0 Å². The van der Waals surface area contributed by atoms with Crippen molar-refractivity contribution in [3.63, 3.8) is 0 Å². The molecule has 0 saturated carbocycles. The predicted octanol–water partition coefficient (Wildman–Crippen LogP) is 3.83. The fraction of sp³-hybridized carbons (Fsp3) is 0.0952. The van der Waals surface area contributed by atoms with Crippen molar-refractivity contribution in [3.8, 4) is 17.1 Å². The van der Waals surface area contributed by atoms with E-state index in [2.05, 4.69) is 15.5 Å². The Hall–Kier alpha value is -3.67. The molecule has 2 aromatic heterocycles. The number of nitrogens with zero attached hydrogens (tertiary/aromatic N) is 2. The number of fused-ring (bicyclic) bond motifs is 1. The smallest absolute Gasteiger partial charge is 0.270 e. The lowest BCUT2D eigenvalue weighted by atomic mass is 10.1. The molecule has 0 bridgehead atoms. The molecule has 0 spiro atoms. The maximum atomic E-state index is 12.4. The first-order valence-corrected chi connectivity index (χ1v) is 8.47. The molecule has 4 rings (SSSR count). The van der Waals surface area contributed by atoms with Gasteiger partial charge in [-0.3, -0.25) is 4.79 Å². The minimum Gasteiger partial charge on any atom is -0.497 e. The van der Waals surface area contributed by atoms with Crippen molar-refractivity contribution in [1.29, 1.82) is 0 Å². The van der Waals surface area contributed by atoms with Gasteiger partial charge in [0, 0.05) is 17.0 Å². The number of amides is 1. The monoisotopic (exact) mass is 359 g/mol. The topological polar surface area (TPSA) is 77.2 Å². The highest BCUT2D eigenvalue weighted by atomic mass is 16.5. The van der Waals surface area contributed by atoms with Crippen LogP contribution < -0.4 is 10.1 Å². The Labute approximate surface area is 155 Å². The predicted molar refractivity (Wildman–Crippen MR) is 101 cm³/mol. The zero-order valence-corrected chi connectivity index (χ0v) is 14.7. The molecule has 1 N–H and O–H groups in total. The van der Waals surface area contributed by atoms with Gasteiger partial charge in [0.1, 0.15) is 17.1 Å². The van der Waals surface area contributed by atoms with Crippen LogP contribution in [0.5, 0.6) is 5.75 Å². The Morgan fingerprint density at radius 2 is 1.89 bits per heavy atom. The number of hydrogen-bond acceptors (Lipinski definition) is 5. The summed E-state index contributed by atoms with van der Waals surface area (Å²) >= 11 is 0. The molecule has 0 radical (unpaired) electrons. The molecule has 0 aliphatic rings. The molecule has 4 aromatic rings. The molecule has 0 unspecified atom stereocenters. The number of ether oxygens (including phenoxy) is 1. The van der Waals surface area contributed by atoms with E-state index in [-0.39, 0.29) is 12.5 Å². The minimum atomic E-state index is -0.255. The van der Waals surface area contributed by atoms with E-state index in [1.807, 2.05) is 54.6 Å². The van der Waals surface area contributed by atoms with Crippen molar-refractivity contribution in [2.45, 2.75) is 6.54 Å². The van der Waals surface area contributed by atoms with E-state index in [0.29, 0.717) is 17.1 Å². The van der Waals surface area contributed by atoms with E-state index >= 15 is 0 Å². The molecule has 6 nitrogen and oxygen atoms in total. The molecular formula is C21H17N3O3. The van der Waals surface area contributed by atoms with Crippen LogP contribution in [0.2, 0.25) is 0 Å². The van der Waals surface area contributed by atoms with E-state index in [9.17, 15) is 4.79 Å². The van der Waals surface area contributed by atoms with Gasteiger partial charge in [-0.15, -0.1) is 0 Å². The summed E-state index contributed by atoms with van der Waals surface area (Å²) in [5, 5.41) is 7.82. The van der Waals surface area contributed by atoms with E-state index in [1.54, 1.807) is 19.2 Å². The van der Waals surface area contributed by atoms with E-state index in [1.165, 1.54) is 0 Å². The average Bonchev–Trinajstić information content (AvgIpc) is 3.21. The lowest BCUT2D eigenvalue weighted by molar-refractivity contribution is 0.0945. The number of benzene rings is 2. The van der Waals surface area contributed by atoms with Crippen molar-refractivity contribution < 1.29 is 14.1 Å². The van der Waals surface area contributed by atoms with Crippen molar-refractivity contribution in [1.82, 2.24) is 15.5 Å². The Balaban J connectivity index is 1.43. The molecule has 134 valence electrons. The number of carbonyl (C=O) groups excluding carboxylic acids is 1. The quantitative estimate of drug-likeness (QED) is 0.586. The van der Waals surface area contributed by atoms with Gasteiger partial charge < -0.3 is 14.6 Å². The van der Waals surface area contributed by atoms with Crippen molar-refractivity contribution in [2.75, 3.05) is 7.11 Å². The zero-order valence-electron chi connectivity index (χ0n) is 14.7. The lowest BCUT2D eigenvalue weighted by Crippen LogP contribution is -2.23. The molecule has 0 aliphatic heterocycles. The van der Waals surface area contributed by atoms with Gasteiger partial charge in [-0.1, -0.05) is 29.4 Å². The van der Waals surface area contributed by atoms with Gasteiger partial charge in [0.25, 0.3) is 5.91 Å². The largest absolute Gasteiger partial charge is 0.497 e. The Kier molecular flexibility index (Phi) is 4.53. The van der Waals surface area contributed by atoms with Crippen LogP contribution in [0.4, 0.5) is 0 Å². The van der Waals surface area contributed by atoms with Crippen LogP contribution in [0.25, 0.3) is 22.2 Å². The molecule has 0 atom stereocenters. The number of carbonyl (C=O) groups is 1. The third kappa shape index (κ3) is 3.64. The molecule has 6 heteroatoms. The van der Waals surface area contributed by atoms with Gasteiger partial charge in [0.05, 0.1) is 19.2 Å². The summed E-state index contributed by atoms with van der Waals surface area (Å²) in [7, 11) is 1.62. The van der Waals surface area contributed by atoms with Gasteiger partial charge in [-0.25, -0.2) is 4.98 Å². The molecule has 0 fully saturated rings. The third-order valence-corrected chi connectivity index (χ3v) is 4.19. The van der Waals surface area contributed by atoms with Gasteiger partial charge in [0.2, 0.25) is 0 Å². The first kappa shape index (κ1) is 16.8. The second-order valence-corrected chi connectivity index (χ2v) is 5.98. The van der Waals surface area contributed by atoms with Crippen LogP contribution in [0, 0.1) is 0 Å². The Morgan fingerprint density at radius 3 is 2.70 bits per heavy atom. The lowest BCUT2D eigenvalue weighted by Gasteiger charge is -2.03. The Bertz CT molecular complexity index is 1090. The van der Waals surface area contributed by atoms with Crippen molar-refractivity contribution in [2.24, 2.45) is 0 Å². The molecule has 2 heterocycles. The molecule has 0 saturated heterocycles. The summed E-state index contributed by atoms with van der Waals surface area (Å²) in [5.74, 6) is 1.15. The number of hydrogen-bond donors (Lipinski definition) is 1. The molecule has 27 heavy (non-hydrogen) atoms. The van der Waals surface area contributed by atoms with Gasteiger partial charge in [0.15, 0.2) is 5.76 Å². The number of rotatable bonds is 5. The summed E-state index contributed by atoms with van der Waals surface area (Å²) in [6.07, 6.45) is 0.